The van der Waals surface area contributed by atoms with Gasteiger partial charge in [0.15, 0.2) is 0 Å². The number of amides is 1. The minimum Gasteiger partial charge on any atom is -0.457 e. The fourth-order valence-corrected chi connectivity index (χ4v) is 3.08. The molecule has 0 radical (unpaired) electrons. The molecule has 9 heteroatoms. The molecular weight excluding hydrogens is 387 g/mol. The summed E-state index contributed by atoms with van der Waals surface area (Å²) >= 11 is 5.74. The summed E-state index contributed by atoms with van der Waals surface area (Å²) in [5.74, 6) is -0.429. The van der Waals surface area contributed by atoms with Crippen molar-refractivity contribution in [3.8, 4) is 6.01 Å². The van der Waals surface area contributed by atoms with Crippen LogP contribution in [0.15, 0.2) is 24.5 Å². The van der Waals surface area contributed by atoms with E-state index in [0.717, 1.165) is 12.8 Å². The first kappa shape index (κ1) is 20.4. The number of carbonyl (C=O) groups excluding carboxylic acids is 1. The molecule has 1 amide bonds. The Bertz CT molecular complexity index is 829. The largest absolute Gasteiger partial charge is 0.457 e. The Morgan fingerprint density at radius 3 is 2.68 bits per heavy atom. The summed E-state index contributed by atoms with van der Waals surface area (Å²) in [4.78, 5) is 18.0. The predicted octanol–water partition coefficient (Wildman–Crippen LogP) is 4.22. The number of hydrogen-bond acceptors (Lipinski definition) is 5. The highest BCUT2D eigenvalue weighted by Gasteiger charge is 2.28. The Labute approximate surface area is 168 Å². The minimum absolute atomic E-state index is 0.0180. The van der Waals surface area contributed by atoms with Crippen LogP contribution in [0.3, 0.4) is 0 Å². The molecule has 0 spiro atoms. The number of ether oxygens (including phenoxy) is 2. The summed E-state index contributed by atoms with van der Waals surface area (Å²) in [6.45, 7) is 6.75. The van der Waals surface area contributed by atoms with E-state index in [0.29, 0.717) is 23.7 Å². The molecule has 0 aliphatic carbocycles. The maximum Gasteiger partial charge on any atom is 0.410 e. The van der Waals surface area contributed by atoms with Crippen LogP contribution in [0, 0.1) is 5.82 Å². The highest BCUT2D eigenvalue weighted by atomic mass is 35.5. The van der Waals surface area contributed by atoms with Crippen LogP contribution in [0.5, 0.6) is 6.01 Å². The van der Waals surface area contributed by atoms with Crippen molar-refractivity contribution >= 4 is 17.7 Å². The van der Waals surface area contributed by atoms with Crippen molar-refractivity contribution in [1.82, 2.24) is 19.7 Å². The molecule has 1 aromatic heterocycles. The number of piperidine rings is 1. The van der Waals surface area contributed by atoms with Crippen LogP contribution in [-0.2, 0) is 11.3 Å². The van der Waals surface area contributed by atoms with Gasteiger partial charge in [0.2, 0.25) is 0 Å². The van der Waals surface area contributed by atoms with Crippen LogP contribution >= 0.6 is 11.6 Å². The van der Waals surface area contributed by atoms with Crippen molar-refractivity contribution in [2.45, 2.75) is 51.9 Å². The zero-order chi connectivity index (χ0) is 20.3. The van der Waals surface area contributed by atoms with Gasteiger partial charge in [-0.3, -0.25) is 0 Å². The molecule has 1 fully saturated rings. The number of aromatic nitrogens is 3. The first-order valence-corrected chi connectivity index (χ1v) is 9.55. The molecule has 1 aliphatic rings. The quantitative estimate of drug-likeness (QED) is 0.754. The molecule has 7 nitrogen and oxygen atoms in total. The average molecular weight is 411 g/mol. The monoisotopic (exact) mass is 410 g/mol. The van der Waals surface area contributed by atoms with Crippen LogP contribution < -0.4 is 4.74 Å². The lowest BCUT2D eigenvalue weighted by Crippen LogP contribution is -2.42. The molecule has 0 N–H and O–H groups in total. The van der Waals surface area contributed by atoms with Crippen LogP contribution in [-0.4, -0.2) is 44.4 Å². The second-order valence-electron chi connectivity index (χ2n) is 7.73. The summed E-state index contributed by atoms with van der Waals surface area (Å²) in [6.07, 6.45) is 2.79. The Hall–Kier alpha value is -2.35. The lowest BCUT2D eigenvalue weighted by Gasteiger charge is -2.33. The third kappa shape index (κ3) is 5.34. The highest BCUT2D eigenvalue weighted by molar-refractivity contribution is 6.30. The number of carbonyl (C=O) groups is 1. The zero-order valence-corrected chi connectivity index (χ0v) is 16.9. The fraction of sp³-hybridized carbons (Fsp3) is 0.526. The second-order valence-corrected chi connectivity index (χ2v) is 8.17. The molecule has 1 aromatic carbocycles. The molecule has 0 saturated carbocycles. The first-order chi connectivity index (χ1) is 13.2. The van der Waals surface area contributed by atoms with E-state index in [-0.39, 0.29) is 24.8 Å². The normalized spacial score (nSPS) is 15.5. The van der Waals surface area contributed by atoms with Crippen molar-refractivity contribution in [2.75, 3.05) is 13.1 Å². The number of halogens is 2. The molecular formula is C19H24ClFN4O3. The second kappa shape index (κ2) is 8.34. The van der Waals surface area contributed by atoms with Crippen LogP contribution in [0.25, 0.3) is 0 Å². The van der Waals surface area contributed by atoms with Gasteiger partial charge in [0.25, 0.3) is 0 Å². The smallest absolute Gasteiger partial charge is 0.410 e. The summed E-state index contributed by atoms with van der Waals surface area (Å²) < 4.78 is 26.4. The Morgan fingerprint density at radius 2 is 2.04 bits per heavy atom. The summed E-state index contributed by atoms with van der Waals surface area (Å²) in [7, 11) is 0. The maximum absolute atomic E-state index is 13.8. The topological polar surface area (TPSA) is 69.5 Å². The Balaban J connectivity index is 1.51. The highest BCUT2D eigenvalue weighted by Crippen LogP contribution is 2.24. The molecule has 0 atom stereocenters. The molecule has 3 rings (SSSR count). The van der Waals surface area contributed by atoms with E-state index in [1.165, 1.54) is 6.07 Å². The molecule has 0 bridgehead atoms. The Kier molecular flexibility index (Phi) is 6.07. The SMILES string of the molecule is CC(C)(C)OC(=O)N1CCC(n2cnc(OCc3ccc(Cl)cc3F)n2)CC1. The summed E-state index contributed by atoms with van der Waals surface area (Å²) in [6, 6.07) is 4.72. The first-order valence-electron chi connectivity index (χ1n) is 9.17. The van der Waals surface area contributed by atoms with Crippen LogP contribution in [0.4, 0.5) is 9.18 Å². The number of nitrogens with zero attached hydrogens (tertiary/aromatic N) is 4. The van der Waals surface area contributed by atoms with Gasteiger partial charge in [-0.2, -0.15) is 4.98 Å². The van der Waals surface area contributed by atoms with Gasteiger partial charge < -0.3 is 14.4 Å². The molecule has 1 aliphatic heterocycles. The van der Waals surface area contributed by atoms with Crippen LogP contribution in [0.1, 0.15) is 45.2 Å². The van der Waals surface area contributed by atoms with E-state index in [4.69, 9.17) is 21.1 Å². The number of likely N-dealkylation sites (tertiary alicyclic amines) is 1. The maximum atomic E-state index is 13.8. The molecule has 1 saturated heterocycles. The van der Waals surface area contributed by atoms with E-state index in [1.807, 2.05) is 20.8 Å². The van der Waals surface area contributed by atoms with Crippen molar-refractivity contribution in [3.63, 3.8) is 0 Å². The minimum atomic E-state index is -0.504. The van der Waals surface area contributed by atoms with E-state index in [2.05, 4.69) is 10.1 Å². The molecule has 28 heavy (non-hydrogen) atoms. The van der Waals surface area contributed by atoms with E-state index in [1.54, 1.807) is 28.0 Å². The van der Waals surface area contributed by atoms with Gasteiger partial charge in [-0.1, -0.05) is 17.7 Å². The third-order valence-corrected chi connectivity index (χ3v) is 4.58. The standard InChI is InChI=1S/C19H24ClFN4O3/c1-19(2,3)28-18(26)24-8-6-15(7-9-24)25-12-22-17(23-25)27-11-13-4-5-14(20)10-16(13)21/h4-5,10,12,15H,6-9,11H2,1-3H3. The van der Waals surface area contributed by atoms with E-state index in [9.17, 15) is 9.18 Å². The van der Waals surface area contributed by atoms with Crippen molar-refractivity contribution in [1.29, 1.82) is 0 Å². The van der Waals surface area contributed by atoms with Crippen LogP contribution in [0.2, 0.25) is 5.02 Å². The molecule has 152 valence electrons. The van der Waals surface area contributed by atoms with Gasteiger partial charge in [-0.25, -0.2) is 13.9 Å². The van der Waals surface area contributed by atoms with E-state index >= 15 is 0 Å². The van der Waals surface area contributed by atoms with Gasteiger partial charge in [0.05, 0.1) is 6.04 Å². The number of rotatable bonds is 4. The van der Waals surface area contributed by atoms with Gasteiger partial charge in [0, 0.05) is 23.7 Å². The lowest BCUT2D eigenvalue weighted by atomic mass is 10.1. The third-order valence-electron chi connectivity index (χ3n) is 4.35. The van der Waals surface area contributed by atoms with Gasteiger partial charge in [-0.05, 0) is 45.7 Å². The van der Waals surface area contributed by atoms with Crippen molar-refractivity contribution in [3.05, 3.63) is 40.9 Å². The van der Waals surface area contributed by atoms with E-state index < -0.39 is 11.4 Å². The fourth-order valence-electron chi connectivity index (χ4n) is 2.92. The zero-order valence-electron chi connectivity index (χ0n) is 16.2. The van der Waals surface area contributed by atoms with Crippen molar-refractivity contribution in [2.24, 2.45) is 0 Å². The molecule has 2 aromatic rings. The molecule has 2 heterocycles. The number of benzene rings is 1. The predicted molar refractivity (Wildman–Crippen MR) is 102 cm³/mol. The lowest BCUT2D eigenvalue weighted by molar-refractivity contribution is 0.0184. The summed E-state index contributed by atoms with van der Waals surface area (Å²) in [5, 5.41) is 4.66. The van der Waals surface area contributed by atoms with Gasteiger partial charge in [0.1, 0.15) is 24.4 Å². The Morgan fingerprint density at radius 1 is 1.32 bits per heavy atom. The van der Waals surface area contributed by atoms with Gasteiger partial charge >= 0.3 is 12.1 Å². The number of hydrogen-bond donors (Lipinski definition) is 0. The van der Waals surface area contributed by atoms with Crippen molar-refractivity contribution < 1.29 is 18.7 Å². The molecule has 0 unspecified atom stereocenters. The van der Waals surface area contributed by atoms with Gasteiger partial charge in [-0.15, -0.1) is 5.10 Å². The summed E-state index contributed by atoms with van der Waals surface area (Å²) in [5.41, 5.74) is -0.123. The average Bonchev–Trinajstić information content (AvgIpc) is 3.09.